The fourth-order valence-electron chi connectivity index (χ4n) is 3.52. The third-order valence-electron chi connectivity index (χ3n) is 4.95. The van der Waals surface area contributed by atoms with Crippen molar-refractivity contribution in [1.29, 1.82) is 0 Å². The Labute approximate surface area is 203 Å². The van der Waals surface area contributed by atoms with E-state index in [4.69, 9.17) is 14.2 Å². The molecule has 0 aliphatic rings. The first-order valence-corrected chi connectivity index (χ1v) is 12.3. The van der Waals surface area contributed by atoms with Gasteiger partial charge in [0, 0.05) is 11.9 Å². The van der Waals surface area contributed by atoms with Gasteiger partial charge in [-0.15, -0.1) is 0 Å². The van der Waals surface area contributed by atoms with Crippen molar-refractivity contribution in [3.8, 4) is 11.5 Å². The molecule has 0 saturated carbocycles. The van der Waals surface area contributed by atoms with E-state index in [1.807, 2.05) is 39.8 Å². The molecule has 0 unspecified atom stereocenters. The number of benzene rings is 1. The lowest BCUT2D eigenvalue weighted by Crippen LogP contribution is -2.36. The topological polar surface area (TPSA) is 78.8 Å². The fraction of sp³-hybridized carbons (Fsp3) is 0.630. The molecule has 0 radical (unpaired) electrons. The molecule has 0 spiro atoms. The first-order chi connectivity index (χ1) is 15.9. The van der Waals surface area contributed by atoms with Crippen LogP contribution in [0.5, 0.6) is 11.5 Å². The zero-order valence-corrected chi connectivity index (χ0v) is 22.2. The molecule has 7 heteroatoms. The number of rotatable bonds is 10. The van der Waals surface area contributed by atoms with Gasteiger partial charge in [-0.1, -0.05) is 41.0 Å². The van der Waals surface area contributed by atoms with Gasteiger partial charge in [0.05, 0.1) is 30.8 Å². The van der Waals surface area contributed by atoms with Gasteiger partial charge in [-0.3, -0.25) is 4.79 Å². The van der Waals surface area contributed by atoms with Crippen molar-refractivity contribution < 1.29 is 19.0 Å². The summed E-state index contributed by atoms with van der Waals surface area (Å²) in [5.41, 5.74) is -0.272. The maximum atomic E-state index is 13.6. The fourth-order valence-corrected chi connectivity index (χ4v) is 3.52. The van der Waals surface area contributed by atoms with Crippen LogP contribution < -0.4 is 20.3 Å². The predicted octanol–water partition coefficient (Wildman–Crippen LogP) is 6.04. The number of amides is 1. The van der Waals surface area contributed by atoms with Gasteiger partial charge in [0.1, 0.15) is 17.1 Å². The third kappa shape index (κ3) is 7.96. The van der Waals surface area contributed by atoms with Crippen LogP contribution in [0.15, 0.2) is 23.0 Å². The Morgan fingerprint density at radius 1 is 0.971 bits per heavy atom. The van der Waals surface area contributed by atoms with E-state index >= 15 is 0 Å². The quantitative estimate of drug-likeness (QED) is 0.425. The summed E-state index contributed by atoms with van der Waals surface area (Å²) in [5, 5.41) is 4.09. The minimum absolute atomic E-state index is 0.109. The normalized spacial score (nSPS) is 12.0. The van der Waals surface area contributed by atoms with Gasteiger partial charge >= 0.3 is 6.09 Å². The number of ether oxygens (including phenoxy) is 3. The third-order valence-corrected chi connectivity index (χ3v) is 4.95. The highest BCUT2D eigenvalue weighted by molar-refractivity contribution is 5.90. The number of nitrogens with zero attached hydrogens (tertiary/aromatic N) is 1. The molecule has 0 atom stereocenters. The smallest absolute Gasteiger partial charge is 0.407 e. The van der Waals surface area contributed by atoms with Gasteiger partial charge in [0.15, 0.2) is 0 Å². The number of hydrogen-bond donors (Lipinski definition) is 1. The molecule has 190 valence electrons. The van der Waals surface area contributed by atoms with Crippen LogP contribution in [0.3, 0.4) is 0 Å². The Bertz CT molecular complexity index is 1030. The molecular formula is C27H42N2O5. The van der Waals surface area contributed by atoms with Crippen LogP contribution >= 0.6 is 0 Å². The Morgan fingerprint density at radius 3 is 2.26 bits per heavy atom. The standard InChI is InChI=1S/C27H42N2O5/c1-9-11-15-33-23-21-16-19(32-14-10-2)12-13-20(21)24(30)29(18-26(3,4)5)22(23)17-28-25(31)34-27(6,7)8/h12-13,16H,9-11,14-15,17-18H2,1-8H3,(H,28,31). The Hall–Kier alpha value is -2.70. The van der Waals surface area contributed by atoms with E-state index in [0.29, 0.717) is 47.7 Å². The Balaban J connectivity index is 2.67. The average molecular weight is 475 g/mol. The number of carbonyl (C=O) groups excluding carboxylic acids is 1. The van der Waals surface area contributed by atoms with Crippen molar-refractivity contribution in [2.24, 2.45) is 5.41 Å². The van der Waals surface area contributed by atoms with E-state index in [1.165, 1.54) is 0 Å². The molecule has 0 fully saturated rings. The number of fused-ring (bicyclic) bond motifs is 1. The van der Waals surface area contributed by atoms with Crippen molar-refractivity contribution >= 4 is 16.9 Å². The van der Waals surface area contributed by atoms with Crippen LogP contribution in [0, 0.1) is 5.41 Å². The van der Waals surface area contributed by atoms with E-state index in [-0.39, 0.29) is 17.5 Å². The number of pyridine rings is 1. The van der Waals surface area contributed by atoms with Crippen LogP contribution in [0.1, 0.15) is 80.3 Å². The highest BCUT2D eigenvalue weighted by atomic mass is 16.6. The van der Waals surface area contributed by atoms with Crippen LogP contribution in [-0.4, -0.2) is 29.5 Å². The Kier molecular flexibility index (Phi) is 9.42. The second-order valence-electron chi connectivity index (χ2n) is 10.8. The van der Waals surface area contributed by atoms with Crippen molar-refractivity contribution in [2.45, 2.75) is 93.3 Å². The first-order valence-electron chi connectivity index (χ1n) is 12.3. The zero-order valence-electron chi connectivity index (χ0n) is 22.2. The van der Waals surface area contributed by atoms with Crippen LogP contribution in [0.2, 0.25) is 0 Å². The molecule has 1 amide bonds. The Morgan fingerprint density at radius 2 is 1.68 bits per heavy atom. The summed E-state index contributed by atoms with van der Waals surface area (Å²) in [6.45, 7) is 17.5. The minimum atomic E-state index is -0.621. The lowest BCUT2D eigenvalue weighted by Gasteiger charge is -2.26. The number of hydrogen-bond acceptors (Lipinski definition) is 5. The number of alkyl carbamates (subject to hydrolysis) is 1. The molecule has 1 heterocycles. The second-order valence-corrected chi connectivity index (χ2v) is 10.8. The van der Waals surface area contributed by atoms with Crippen molar-refractivity contribution in [1.82, 2.24) is 9.88 Å². The molecule has 34 heavy (non-hydrogen) atoms. The molecule has 1 aromatic heterocycles. The van der Waals surface area contributed by atoms with Crippen molar-refractivity contribution in [2.75, 3.05) is 13.2 Å². The van der Waals surface area contributed by atoms with E-state index in [0.717, 1.165) is 19.3 Å². The van der Waals surface area contributed by atoms with Gasteiger partial charge in [-0.2, -0.15) is 0 Å². The molecule has 0 saturated heterocycles. The number of carbonyl (C=O) groups is 1. The van der Waals surface area contributed by atoms with Gasteiger partial charge in [-0.05, 0) is 57.2 Å². The summed E-state index contributed by atoms with van der Waals surface area (Å²) in [4.78, 5) is 26.1. The second kappa shape index (κ2) is 11.6. The van der Waals surface area contributed by atoms with Crippen molar-refractivity contribution in [3.63, 3.8) is 0 Å². The maximum absolute atomic E-state index is 13.6. The summed E-state index contributed by atoms with van der Waals surface area (Å²) < 4.78 is 19.3. The molecule has 1 aromatic carbocycles. The molecule has 1 N–H and O–H groups in total. The lowest BCUT2D eigenvalue weighted by molar-refractivity contribution is 0.0521. The highest BCUT2D eigenvalue weighted by Crippen LogP contribution is 2.32. The molecule has 2 aromatic rings. The summed E-state index contributed by atoms with van der Waals surface area (Å²) in [6, 6.07) is 5.50. The van der Waals surface area contributed by atoms with Gasteiger partial charge in [0.25, 0.3) is 5.56 Å². The number of unbranched alkanes of at least 4 members (excludes halogenated alkanes) is 1. The molecule has 0 aliphatic carbocycles. The van der Waals surface area contributed by atoms with E-state index in [2.05, 4.69) is 33.0 Å². The van der Waals surface area contributed by atoms with Crippen LogP contribution in [0.25, 0.3) is 10.8 Å². The van der Waals surface area contributed by atoms with Crippen LogP contribution in [-0.2, 0) is 17.8 Å². The van der Waals surface area contributed by atoms with E-state index in [1.54, 1.807) is 10.6 Å². The van der Waals surface area contributed by atoms with Gasteiger partial charge in [-0.25, -0.2) is 4.79 Å². The number of nitrogens with one attached hydrogen (secondary N) is 1. The van der Waals surface area contributed by atoms with E-state index in [9.17, 15) is 9.59 Å². The summed E-state index contributed by atoms with van der Waals surface area (Å²) in [5.74, 6) is 1.29. The summed E-state index contributed by atoms with van der Waals surface area (Å²) >= 11 is 0. The maximum Gasteiger partial charge on any atom is 0.407 e. The number of aromatic nitrogens is 1. The predicted molar refractivity (Wildman–Crippen MR) is 137 cm³/mol. The van der Waals surface area contributed by atoms with Crippen molar-refractivity contribution in [3.05, 3.63) is 34.2 Å². The summed E-state index contributed by atoms with van der Waals surface area (Å²) in [6.07, 6.45) is 2.21. The zero-order chi connectivity index (χ0) is 25.5. The minimum Gasteiger partial charge on any atom is -0.494 e. The van der Waals surface area contributed by atoms with Crippen LogP contribution in [0.4, 0.5) is 4.79 Å². The average Bonchev–Trinajstić information content (AvgIpc) is 2.72. The monoisotopic (exact) mass is 474 g/mol. The highest BCUT2D eigenvalue weighted by Gasteiger charge is 2.24. The molecule has 7 nitrogen and oxygen atoms in total. The summed E-state index contributed by atoms with van der Waals surface area (Å²) in [7, 11) is 0. The van der Waals surface area contributed by atoms with E-state index < -0.39 is 11.7 Å². The largest absolute Gasteiger partial charge is 0.494 e. The van der Waals surface area contributed by atoms with Gasteiger partial charge < -0.3 is 24.1 Å². The van der Waals surface area contributed by atoms with Gasteiger partial charge in [0.2, 0.25) is 0 Å². The molecular weight excluding hydrogens is 432 g/mol. The molecule has 0 aliphatic heterocycles. The lowest BCUT2D eigenvalue weighted by atomic mass is 9.96. The SMILES string of the molecule is CCCCOc1c(CNC(=O)OC(C)(C)C)n(CC(C)(C)C)c(=O)c2ccc(OCCC)cc12. The molecule has 0 bridgehead atoms. The first kappa shape index (κ1) is 27.5. The molecule has 2 rings (SSSR count).